The summed E-state index contributed by atoms with van der Waals surface area (Å²) in [5, 5.41) is 5.99. The topological polar surface area (TPSA) is 70.7 Å². The highest BCUT2D eigenvalue weighted by Crippen LogP contribution is 2.28. The number of benzene rings is 2. The molecule has 0 unspecified atom stereocenters. The van der Waals surface area contributed by atoms with Gasteiger partial charge in [-0.2, -0.15) is 0 Å². The van der Waals surface area contributed by atoms with Crippen molar-refractivity contribution in [1.29, 1.82) is 0 Å². The smallest absolute Gasteiger partial charge is 0.321 e. The number of hydrogen-bond acceptors (Lipinski definition) is 3. The number of piperidine rings is 1. The van der Waals surface area contributed by atoms with Crippen LogP contribution in [-0.2, 0) is 11.2 Å². The molecule has 0 bridgehead atoms. The number of urea groups is 1. The van der Waals surface area contributed by atoms with Crippen molar-refractivity contribution in [1.82, 2.24) is 10.2 Å². The van der Waals surface area contributed by atoms with Crippen molar-refractivity contribution in [2.75, 3.05) is 31.6 Å². The third kappa shape index (κ3) is 7.60. The second kappa shape index (κ2) is 12.4. The number of rotatable bonds is 9. The molecule has 0 radical (unpaired) electrons. The van der Waals surface area contributed by atoms with E-state index >= 15 is 0 Å². The number of anilines is 1. The molecule has 0 saturated carbocycles. The third-order valence-electron chi connectivity index (χ3n) is 6.00. The highest BCUT2D eigenvalue weighted by atomic mass is 16.5. The first-order valence-corrected chi connectivity index (χ1v) is 12.1. The third-order valence-corrected chi connectivity index (χ3v) is 6.00. The highest BCUT2D eigenvalue weighted by Gasteiger charge is 2.25. The van der Waals surface area contributed by atoms with Crippen molar-refractivity contribution in [3.8, 4) is 0 Å². The Morgan fingerprint density at radius 2 is 1.94 bits per heavy atom. The quantitative estimate of drug-likeness (QED) is 0.515. The fraction of sp³-hybridized carbons (Fsp3) is 0.481. The lowest BCUT2D eigenvalue weighted by atomic mass is 9.89. The molecule has 2 N–H and O–H groups in total. The Balaban J connectivity index is 1.54. The molecule has 1 heterocycles. The highest BCUT2D eigenvalue weighted by molar-refractivity contribution is 5.94. The second-order valence-electron chi connectivity index (χ2n) is 8.92. The summed E-state index contributed by atoms with van der Waals surface area (Å²) in [7, 11) is 0. The first-order valence-electron chi connectivity index (χ1n) is 12.1. The summed E-state index contributed by atoms with van der Waals surface area (Å²) >= 11 is 0. The van der Waals surface area contributed by atoms with Crippen LogP contribution >= 0.6 is 0 Å². The number of nitrogens with one attached hydrogen (secondary N) is 2. The SMILES string of the molecule is CCc1ccc(NC(=O)N2CCC[C@H](c3cccc(C(=O)NCCCOC(C)C)c3)C2)cc1. The van der Waals surface area contributed by atoms with Gasteiger partial charge in [0, 0.05) is 43.4 Å². The van der Waals surface area contributed by atoms with Crippen LogP contribution in [0.3, 0.4) is 0 Å². The van der Waals surface area contributed by atoms with Gasteiger partial charge in [-0.25, -0.2) is 4.79 Å². The molecule has 1 fully saturated rings. The van der Waals surface area contributed by atoms with Gasteiger partial charge < -0.3 is 20.3 Å². The van der Waals surface area contributed by atoms with E-state index in [1.54, 1.807) is 0 Å². The van der Waals surface area contributed by atoms with Crippen molar-refractivity contribution in [3.63, 3.8) is 0 Å². The summed E-state index contributed by atoms with van der Waals surface area (Å²) in [6.07, 6.45) is 3.92. The number of carbonyl (C=O) groups excluding carboxylic acids is 2. The average Bonchev–Trinajstić information content (AvgIpc) is 2.84. The number of hydrogen-bond donors (Lipinski definition) is 2. The van der Waals surface area contributed by atoms with Gasteiger partial charge in [-0.1, -0.05) is 31.2 Å². The van der Waals surface area contributed by atoms with Crippen LogP contribution in [-0.4, -0.2) is 49.2 Å². The molecule has 6 heteroatoms. The molecule has 33 heavy (non-hydrogen) atoms. The van der Waals surface area contributed by atoms with Crippen LogP contribution < -0.4 is 10.6 Å². The van der Waals surface area contributed by atoms with Gasteiger partial charge in [0.1, 0.15) is 0 Å². The van der Waals surface area contributed by atoms with Crippen LogP contribution in [0, 0.1) is 0 Å². The molecule has 0 spiro atoms. The molecule has 1 aliphatic heterocycles. The van der Waals surface area contributed by atoms with E-state index in [1.165, 1.54) is 5.56 Å². The van der Waals surface area contributed by atoms with Gasteiger partial charge in [-0.05, 0) is 74.9 Å². The fourth-order valence-electron chi connectivity index (χ4n) is 4.09. The van der Waals surface area contributed by atoms with E-state index in [2.05, 4.69) is 23.6 Å². The summed E-state index contributed by atoms with van der Waals surface area (Å²) in [5.41, 5.74) is 3.83. The standard InChI is InChI=1S/C27H37N3O3/c1-4-21-11-13-25(14-12-21)29-27(32)30-16-6-10-24(19-30)22-8-5-9-23(18-22)26(31)28-15-7-17-33-20(2)3/h5,8-9,11-14,18,20,24H,4,6-7,10,15-17,19H2,1-3H3,(H,28,31)(H,29,32)/t24-/m0/s1. The minimum Gasteiger partial charge on any atom is -0.379 e. The van der Waals surface area contributed by atoms with Crippen molar-refractivity contribution in [2.45, 2.75) is 58.5 Å². The van der Waals surface area contributed by atoms with Crippen molar-refractivity contribution >= 4 is 17.6 Å². The molecule has 1 saturated heterocycles. The summed E-state index contributed by atoms with van der Waals surface area (Å²) in [5.74, 6) is 0.154. The fourth-order valence-corrected chi connectivity index (χ4v) is 4.09. The Morgan fingerprint density at radius 1 is 1.15 bits per heavy atom. The van der Waals surface area contributed by atoms with Crippen molar-refractivity contribution < 1.29 is 14.3 Å². The average molecular weight is 452 g/mol. The number of carbonyl (C=O) groups is 2. The maximum atomic E-state index is 12.8. The van der Waals surface area contributed by atoms with Gasteiger partial charge >= 0.3 is 6.03 Å². The molecule has 3 rings (SSSR count). The first-order chi connectivity index (χ1) is 16.0. The van der Waals surface area contributed by atoms with Crippen LogP contribution in [0.2, 0.25) is 0 Å². The van der Waals surface area contributed by atoms with E-state index in [9.17, 15) is 9.59 Å². The molecular formula is C27H37N3O3. The Labute approximate surface area is 197 Å². The van der Waals surface area contributed by atoms with E-state index in [4.69, 9.17) is 4.74 Å². The lowest BCUT2D eigenvalue weighted by molar-refractivity contribution is 0.0757. The molecule has 178 valence electrons. The van der Waals surface area contributed by atoms with Crippen molar-refractivity contribution in [3.05, 3.63) is 65.2 Å². The Kier molecular flexibility index (Phi) is 9.31. The summed E-state index contributed by atoms with van der Waals surface area (Å²) < 4.78 is 5.52. The van der Waals surface area contributed by atoms with Gasteiger partial charge in [0.15, 0.2) is 0 Å². The second-order valence-corrected chi connectivity index (χ2v) is 8.92. The normalized spacial score (nSPS) is 16.0. The van der Waals surface area contributed by atoms with Crippen LogP contribution in [0.4, 0.5) is 10.5 Å². The zero-order chi connectivity index (χ0) is 23.6. The molecule has 3 amide bonds. The maximum Gasteiger partial charge on any atom is 0.321 e. The molecule has 2 aromatic carbocycles. The first kappa shape index (κ1) is 24.8. The number of likely N-dealkylation sites (tertiary alicyclic amines) is 1. The largest absolute Gasteiger partial charge is 0.379 e. The van der Waals surface area contributed by atoms with Crippen LogP contribution in [0.1, 0.15) is 67.4 Å². The molecule has 6 nitrogen and oxygen atoms in total. The predicted octanol–water partition coefficient (Wildman–Crippen LogP) is 5.21. The van der Waals surface area contributed by atoms with E-state index in [1.807, 2.05) is 61.2 Å². The molecule has 0 aliphatic carbocycles. The molecule has 0 aromatic heterocycles. The minimum atomic E-state index is -0.0681. The maximum absolute atomic E-state index is 12.8. The summed E-state index contributed by atoms with van der Waals surface area (Å²) in [4.78, 5) is 27.3. The lowest BCUT2D eigenvalue weighted by Gasteiger charge is -2.33. The Bertz CT molecular complexity index is 911. The Hall–Kier alpha value is -2.86. The summed E-state index contributed by atoms with van der Waals surface area (Å²) in [6, 6.07) is 15.7. The zero-order valence-corrected chi connectivity index (χ0v) is 20.1. The number of nitrogens with zero attached hydrogens (tertiary/aromatic N) is 1. The number of aryl methyl sites for hydroxylation is 1. The van der Waals surface area contributed by atoms with E-state index in [0.29, 0.717) is 25.3 Å². The molecule has 1 aliphatic rings. The molecule has 2 aromatic rings. The van der Waals surface area contributed by atoms with Crippen LogP contribution in [0.5, 0.6) is 0 Å². The van der Waals surface area contributed by atoms with Gasteiger partial charge in [-0.3, -0.25) is 4.79 Å². The zero-order valence-electron chi connectivity index (χ0n) is 20.1. The lowest BCUT2D eigenvalue weighted by Crippen LogP contribution is -2.41. The van der Waals surface area contributed by atoms with Gasteiger partial charge in [-0.15, -0.1) is 0 Å². The van der Waals surface area contributed by atoms with Gasteiger partial charge in [0.2, 0.25) is 0 Å². The predicted molar refractivity (Wildman–Crippen MR) is 133 cm³/mol. The monoisotopic (exact) mass is 451 g/mol. The van der Waals surface area contributed by atoms with Gasteiger partial charge in [0.25, 0.3) is 5.91 Å². The van der Waals surface area contributed by atoms with Crippen molar-refractivity contribution in [2.24, 2.45) is 0 Å². The Morgan fingerprint density at radius 3 is 2.67 bits per heavy atom. The van der Waals surface area contributed by atoms with E-state index in [-0.39, 0.29) is 24.0 Å². The van der Waals surface area contributed by atoms with Crippen LogP contribution in [0.15, 0.2) is 48.5 Å². The van der Waals surface area contributed by atoms with Crippen LogP contribution in [0.25, 0.3) is 0 Å². The molecular weight excluding hydrogens is 414 g/mol. The minimum absolute atomic E-state index is 0.0673. The van der Waals surface area contributed by atoms with E-state index in [0.717, 1.165) is 43.5 Å². The number of amides is 3. The number of ether oxygens (including phenoxy) is 1. The van der Waals surface area contributed by atoms with Gasteiger partial charge in [0.05, 0.1) is 6.10 Å². The van der Waals surface area contributed by atoms with E-state index < -0.39 is 0 Å². The molecule has 1 atom stereocenters. The summed E-state index contributed by atoms with van der Waals surface area (Å²) in [6.45, 7) is 8.74.